The van der Waals surface area contributed by atoms with Crippen LogP contribution in [0.15, 0.2) is 29.3 Å². The Labute approximate surface area is 130 Å². The molecule has 0 atom stereocenters. The van der Waals surface area contributed by atoms with Crippen LogP contribution in [0, 0.1) is 18.3 Å². The van der Waals surface area contributed by atoms with Gasteiger partial charge in [-0.1, -0.05) is 12.6 Å². The molecule has 2 aromatic rings. The van der Waals surface area contributed by atoms with Crippen molar-refractivity contribution in [3.05, 3.63) is 49.6 Å². The number of carbonyl (C=O) groups is 1. The molecular formula is C15H15N3O3S. The number of aryl methyl sites for hydroxylation is 1. The van der Waals surface area contributed by atoms with Crippen molar-refractivity contribution in [2.24, 2.45) is 0 Å². The van der Waals surface area contributed by atoms with Gasteiger partial charge in [-0.25, -0.2) is 4.79 Å². The molecule has 0 fully saturated rings. The number of aromatic nitrogens is 2. The average Bonchev–Trinajstić information content (AvgIpc) is 2.76. The highest BCUT2D eigenvalue weighted by Crippen LogP contribution is 1.91. The summed E-state index contributed by atoms with van der Waals surface area (Å²) < 4.78 is 1.63. The number of aliphatic carboxylic acids is 1. The Kier molecular flexibility index (Phi) is 6.23. The van der Waals surface area contributed by atoms with Crippen LogP contribution in [-0.4, -0.2) is 20.6 Å². The van der Waals surface area contributed by atoms with E-state index in [4.69, 9.17) is 10.4 Å². The molecular weight excluding hydrogens is 302 g/mol. The largest absolute Gasteiger partial charge is 0.477 e. The lowest BCUT2D eigenvalue weighted by atomic mass is 10.3. The second-order valence-corrected chi connectivity index (χ2v) is 5.29. The van der Waals surface area contributed by atoms with Crippen LogP contribution in [0.4, 0.5) is 0 Å². The van der Waals surface area contributed by atoms with Crippen LogP contribution in [0.1, 0.15) is 12.5 Å². The number of hydrogen-bond donors (Lipinski definition) is 1. The molecule has 0 saturated carbocycles. The Balaban J connectivity index is 0.000000287. The van der Waals surface area contributed by atoms with Gasteiger partial charge in [0.05, 0.1) is 4.53 Å². The number of carboxylic acids is 1. The monoisotopic (exact) mass is 317 g/mol. The minimum atomic E-state index is -1.33. The average molecular weight is 317 g/mol. The van der Waals surface area contributed by atoms with Crippen molar-refractivity contribution in [1.82, 2.24) is 9.55 Å². The van der Waals surface area contributed by atoms with Gasteiger partial charge in [-0.15, -0.1) is 11.3 Å². The van der Waals surface area contributed by atoms with Gasteiger partial charge in [0, 0.05) is 18.9 Å². The third-order valence-corrected chi connectivity index (χ3v) is 3.65. The number of pyridine rings is 1. The van der Waals surface area contributed by atoms with E-state index in [-0.39, 0.29) is 14.8 Å². The molecule has 0 spiro atoms. The van der Waals surface area contributed by atoms with E-state index >= 15 is 0 Å². The van der Waals surface area contributed by atoms with Crippen LogP contribution in [0.3, 0.4) is 0 Å². The second kappa shape index (κ2) is 7.90. The number of carboxylic acid groups (broad SMARTS) is 1. The molecule has 0 saturated heterocycles. The molecule has 0 unspecified atom stereocenters. The third kappa shape index (κ3) is 4.14. The van der Waals surface area contributed by atoms with Crippen molar-refractivity contribution in [3.8, 4) is 6.07 Å². The molecule has 2 heterocycles. The zero-order valence-electron chi connectivity index (χ0n) is 12.2. The quantitative estimate of drug-likeness (QED) is 0.869. The van der Waals surface area contributed by atoms with E-state index in [1.807, 2.05) is 25.3 Å². The lowest BCUT2D eigenvalue weighted by Crippen LogP contribution is -2.31. The molecule has 0 aromatic carbocycles. The summed E-state index contributed by atoms with van der Waals surface area (Å²) in [5, 5.41) is 17.4. The van der Waals surface area contributed by atoms with Crippen molar-refractivity contribution < 1.29 is 9.90 Å². The Hall–Kier alpha value is -2.72. The predicted octanol–water partition coefficient (Wildman–Crippen LogP) is 0.489. The summed E-state index contributed by atoms with van der Waals surface area (Å²) in [4.78, 5) is 26.1. The molecule has 22 heavy (non-hydrogen) atoms. The summed E-state index contributed by atoms with van der Waals surface area (Å²) in [6.45, 7) is 7.54. The minimum absolute atomic E-state index is 0.155. The molecule has 7 heteroatoms. The third-order valence-electron chi connectivity index (χ3n) is 2.61. The molecule has 0 aliphatic heterocycles. The van der Waals surface area contributed by atoms with Gasteiger partial charge in [0.25, 0.3) is 5.56 Å². The fourth-order valence-electron chi connectivity index (χ4n) is 1.57. The first-order valence-corrected chi connectivity index (χ1v) is 7.16. The van der Waals surface area contributed by atoms with Crippen LogP contribution in [0.5, 0.6) is 0 Å². The van der Waals surface area contributed by atoms with Gasteiger partial charge in [-0.2, -0.15) is 5.26 Å². The SMILES string of the molecule is C=c1s/c(=C(/C#N)C(=O)O)n(CC)c1=O.Cc1cccnc1. The molecule has 0 aliphatic rings. The zero-order chi connectivity index (χ0) is 16.7. The van der Waals surface area contributed by atoms with Crippen LogP contribution in [-0.2, 0) is 11.3 Å². The Morgan fingerprint density at radius 1 is 1.59 bits per heavy atom. The molecule has 0 aliphatic carbocycles. The van der Waals surface area contributed by atoms with E-state index in [9.17, 15) is 9.59 Å². The fourth-order valence-corrected chi connectivity index (χ4v) is 2.55. The number of hydrogen-bond acceptors (Lipinski definition) is 5. The summed E-state index contributed by atoms with van der Waals surface area (Å²) in [6, 6.07) is 5.52. The summed E-state index contributed by atoms with van der Waals surface area (Å²) >= 11 is 0.926. The highest BCUT2D eigenvalue weighted by molar-refractivity contribution is 7.07. The predicted molar refractivity (Wildman–Crippen MR) is 84.7 cm³/mol. The van der Waals surface area contributed by atoms with Crippen molar-refractivity contribution in [2.75, 3.05) is 0 Å². The van der Waals surface area contributed by atoms with Gasteiger partial charge in [0.2, 0.25) is 0 Å². The molecule has 0 amide bonds. The first kappa shape index (κ1) is 17.3. The van der Waals surface area contributed by atoms with Crippen LogP contribution in [0.2, 0.25) is 0 Å². The second-order valence-electron chi connectivity index (χ2n) is 4.20. The smallest absolute Gasteiger partial charge is 0.349 e. The normalized spacial score (nSPS) is 11.0. The topological polar surface area (TPSA) is 96.0 Å². The molecule has 0 bridgehead atoms. The van der Waals surface area contributed by atoms with Crippen molar-refractivity contribution in [1.29, 1.82) is 5.26 Å². The lowest BCUT2D eigenvalue weighted by Gasteiger charge is -1.95. The van der Waals surface area contributed by atoms with Gasteiger partial charge >= 0.3 is 5.97 Å². The maximum absolute atomic E-state index is 11.5. The van der Waals surface area contributed by atoms with E-state index in [1.165, 1.54) is 10.1 Å². The Morgan fingerprint density at radius 2 is 2.27 bits per heavy atom. The highest BCUT2D eigenvalue weighted by Gasteiger charge is 2.12. The van der Waals surface area contributed by atoms with Crippen molar-refractivity contribution in [2.45, 2.75) is 20.4 Å². The van der Waals surface area contributed by atoms with Gasteiger partial charge in [-0.3, -0.25) is 14.3 Å². The molecule has 1 N–H and O–H groups in total. The first-order chi connectivity index (χ1) is 10.4. The molecule has 114 valence electrons. The fraction of sp³-hybridized carbons (Fsp3) is 0.200. The number of rotatable bonds is 2. The molecule has 2 rings (SSSR count). The van der Waals surface area contributed by atoms with Crippen LogP contribution < -0.4 is 14.8 Å². The molecule has 6 nitrogen and oxygen atoms in total. The molecule has 2 aromatic heterocycles. The van der Waals surface area contributed by atoms with Gasteiger partial charge < -0.3 is 5.11 Å². The molecule has 0 radical (unpaired) electrons. The standard InChI is InChI=1S/C9H8N2O3S.C6H7N/c1-3-11-7(12)5(2)15-8(11)6(4-10)9(13)14;1-6-3-2-4-7-5-6/h2-3H2,1H3,(H,13,14);2-5H,1H3/b8-6-;. The summed E-state index contributed by atoms with van der Waals surface area (Å²) in [6.07, 6.45) is 3.60. The van der Waals surface area contributed by atoms with E-state index in [0.29, 0.717) is 6.54 Å². The van der Waals surface area contributed by atoms with Crippen LogP contribution >= 0.6 is 11.3 Å². The van der Waals surface area contributed by atoms with Crippen molar-refractivity contribution in [3.63, 3.8) is 0 Å². The van der Waals surface area contributed by atoms with Crippen molar-refractivity contribution >= 4 is 29.5 Å². The van der Waals surface area contributed by atoms with E-state index in [0.717, 1.165) is 11.3 Å². The minimum Gasteiger partial charge on any atom is -0.477 e. The van der Waals surface area contributed by atoms with Crippen LogP contribution in [0.25, 0.3) is 12.2 Å². The van der Waals surface area contributed by atoms with Gasteiger partial charge in [0.15, 0.2) is 5.57 Å². The number of nitriles is 1. The van der Waals surface area contributed by atoms with Gasteiger partial charge in [-0.05, 0) is 25.5 Å². The van der Waals surface area contributed by atoms with E-state index in [1.54, 1.807) is 19.2 Å². The summed E-state index contributed by atoms with van der Waals surface area (Å²) in [7, 11) is 0. The highest BCUT2D eigenvalue weighted by atomic mass is 32.1. The number of thiazole rings is 1. The maximum atomic E-state index is 11.5. The Morgan fingerprint density at radius 3 is 2.64 bits per heavy atom. The van der Waals surface area contributed by atoms with E-state index < -0.39 is 11.5 Å². The summed E-state index contributed by atoms with van der Waals surface area (Å²) in [5.41, 5.74) is 0.447. The van der Waals surface area contributed by atoms with E-state index in [2.05, 4.69) is 11.6 Å². The lowest BCUT2D eigenvalue weighted by molar-refractivity contribution is -0.130. The van der Waals surface area contributed by atoms with Gasteiger partial charge in [0.1, 0.15) is 10.7 Å². The number of nitrogens with zero attached hydrogens (tertiary/aromatic N) is 3. The Bertz CT molecular complexity index is 860. The first-order valence-electron chi connectivity index (χ1n) is 6.35. The summed E-state index contributed by atoms with van der Waals surface area (Å²) in [5.74, 6) is -1.33. The maximum Gasteiger partial charge on any atom is 0.349 e. The zero-order valence-corrected chi connectivity index (χ0v) is 13.1.